The molecule has 2 N–H and O–H groups in total. The molecule has 0 radical (unpaired) electrons. The van der Waals surface area contributed by atoms with Crippen molar-refractivity contribution in [2.75, 3.05) is 17.7 Å². The normalized spacial score (nSPS) is 10.2. The molecule has 0 amide bonds. The molecular weight excluding hydrogens is 228 g/mol. The standard InChI is InChI=1S/C9H11ClN6/c1-11-9-12-4-7(10)8(15-9)14-6-3-13-16(2)5-6/h3-5H,1-2H3,(H2,11,12,14,15). The highest BCUT2D eigenvalue weighted by atomic mass is 35.5. The number of hydrogen-bond acceptors (Lipinski definition) is 5. The highest BCUT2D eigenvalue weighted by Gasteiger charge is 2.05. The molecule has 16 heavy (non-hydrogen) atoms. The molecule has 0 fully saturated rings. The van der Waals surface area contributed by atoms with E-state index in [9.17, 15) is 0 Å². The average molecular weight is 239 g/mol. The number of aromatic nitrogens is 4. The van der Waals surface area contributed by atoms with Crippen molar-refractivity contribution in [1.82, 2.24) is 19.7 Å². The van der Waals surface area contributed by atoms with Crippen LogP contribution in [0.15, 0.2) is 18.6 Å². The Morgan fingerprint density at radius 2 is 2.19 bits per heavy atom. The second-order valence-corrected chi connectivity index (χ2v) is 3.58. The van der Waals surface area contributed by atoms with Crippen molar-refractivity contribution >= 4 is 29.1 Å². The van der Waals surface area contributed by atoms with Crippen molar-refractivity contribution < 1.29 is 0 Å². The van der Waals surface area contributed by atoms with E-state index in [-0.39, 0.29) is 0 Å². The van der Waals surface area contributed by atoms with Gasteiger partial charge in [-0.1, -0.05) is 11.6 Å². The first-order valence-electron chi connectivity index (χ1n) is 4.65. The van der Waals surface area contributed by atoms with Gasteiger partial charge in [0.15, 0.2) is 5.82 Å². The van der Waals surface area contributed by atoms with E-state index >= 15 is 0 Å². The molecule has 0 aliphatic carbocycles. The van der Waals surface area contributed by atoms with Gasteiger partial charge in [0.1, 0.15) is 5.02 Å². The second kappa shape index (κ2) is 4.36. The largest absolute Gasteiger partial charge is 0.357 e. The van der Waals surface area contributed by atoms with Crippen LogP contribution in [-0.2, 0) is 7.05 Å². The number of nitrogens with zero attached hydrogens (tertiary/aromatic N) is 4. The van der Waals surface area contributed by atoms with E-state index in [1.807, 2.05) is 13.2 Å². The van der Waals surface area contributed by atoms with Crippen molar-refractivity contribution in [2.24, 2.45) is 7.05 Å². The molecule has 0 aliphatic heterocycles. The van der Waals surface area contributed by atoms with Gasteiger partial charge in [0.2, 0.25) is 5.95 Å². The van der Waals surface area contributed by atoms with Gasteiger partial charge >= 0.3 is 0 Å². The van der Waals surface area contributed by atoms with Crippen LogP contribution in [0.2, 0.25) is 5.02 Å². The fraction of sp³-hybridized carbons (Fsp3) is 0.222. The molecule has 2 heterocycles. The minimum atomic E-state index is 0.461. The van der Waals surface area contributed by atoms with Crippen LogP contribution in [0.4, 0.5) is 17.5 Å². The maximum atomic E-state index is 5.97. The maximum Gasteiger partial charge on any atom is 0.224 e. The molecule has 0 saturated heterocycles. The van der Waals surface area contributed by atoms with Crippen LogP contribution in [0.25, 0.3) is 0 Å². The lowest BCUT2D eigenvalue weighted by molar-refractivity contribution is 0.768. The SMILES string of the molecule is CNc1ncc(Cl)c(Nc2cnn(C)c2)n1. The Balaban J connectivity index is 2.26. The van der Waals surface area contributed by atoms with Crippen molar-refractivity contribution in [3.8, 4) is 0 Å². The van der Waals surface area contributed by atoms with Crippen LogP contribution in [-0.4, -0.2) is 26.8 Å². The summed E-state index contributed by atoms with van der Waals surface area (Å²) in [6, 6.07) is 0. The molecular formula is C9H11ClN6. The Hall–Kier alpha value is -1.82. The molecule has 0 aliphatic rings. The third-order valence-corrected chi connectivity index (χ3v) is 2.21. The van der Waals surface area contributed by atoms with Crippen LogP contribution in [0.1, 0.15) is 0 Å². The van der Waals surface area contributed by atoms with E-state index < -0.39 is 0 Å². The number of anilines is 3. The van der Waals surface area contributed by atoms with Gasteiger partial charge in [-0.25, -0.2) is 4.98 Å². The van der Waals surface area contributed by atoms with Crippen molar-refractivity contribution in [3.63, 3.8) is 0 Å². The topological polar surface area (TPSA) is 67.7 Å². The van der Waals surface area contributed by atoms with Crippen molar-refractivity contribution in [2.45, 2.75) is 0 Å². The fourth-order valence-corrected chi connectivity index (χ4v) is 1.34. The number of aryl methyl sites for hydroxylation is 1. The van der Waals surface area contributed by atoms with E-state index in [4.69, 9.17) is 11.6 Å². The fourth-order valence-electron chi connectivity index (χ4n) is 1.20. The summed E-state index contributed by atoms with van der Waals surface area (Å²) < 4.78 is 1.69. The van der Waals surface area contributed by atoms with Gasteiger partial charge in [0.05, 0.1) is 18.1 Å². The zero-order valence-electron chi connectivity index (χ0n) is 8.90. The van der Waals surface area contributed by atoms with Crippen molar-refractivity contribution in [1.29, 1.82) is 0 Å². The lowest BCUT2D eigenvalue weighted by atomic mass is 10.5. The van der Waals surface area contributed by atoms with Crippen LogP contribution < -0.4 is 10.6 Å². The molecule has 2 rings (SSSR count). The van der Waals surface area contributed by atoms with E-state index in [0.717, 1.165) is 5.69 Å². The van der Waals surface area contributed by atoms with E-state index in [2.05, 4.69) is 25.7 Å². The summed E-state index contributed by atoms with van der Waals surface area (Å²) in [5.74, 6) is 1.06. The maximum absolute atomic E-state index is 5.97. The van der Waals surface area contributed by atoms with Gasteiger partial charge in [-0.05, 0) is 0 Å². The molecule has 84 valence electrons. The van der Waals surface area contributed by atoms with Crippen LogP contribution in [0, 0.1) is 0 Å². The van der Waals surface area contributed by atoms with Crippen molar-refractivity contribution in [3.05, 3.63) is 23.6 Å². The number of hydrogen-bond donors (Lipinski definition) is 2. The molecule has 7 heteroatoms. The minimum Gasteiger partial charge on any atom is -0.357 e. The zero-order valence-corrected chi connectivity index (χ0v) is 9.65. The Bertz CT molecular complexity index is 494. The van der Waals surface area contributed by atoms with Gasteiger partial charge in [0, 0.05) is 20.3 Å². The van der Waals surface area contributed by atoms with E-state index in [0.29, 0.717) is 16.8 Å². The quantitative estimate of drug-likeness (QED) is 0.851. The lowest BCUT2D eigenvalue weighted by Crippen LogP contribution is -2.00. The Labute approximate surface area is 97.7 Å². The summed E-state index contributed by atoms with van der Waals surface area (Å²) >= 11 is 5.97. The van der Waals surface area contributed by atoms with Crippen LogP contribution in [0.5, 0.6) is 0 Å². The first-order chi connectivity index (χ1) is 7.69. The van der Waals surface area contributed by atoms with E-state index in [1.165, 1.54) is 0 Å². The Morgan fingerprint density at radius 3 is 2.81 bits per heavy atom. The first kappa shape index (κ1) is 10.7. The molecule has 2 aromatic heterocycles. The summed E-state index contributed by atoms with van der Waals surface area (Å²) in [7, 11) is 3.59. The number of nitrogens with one attached hydrogen (secondary N) is 2. The van der Waals surface area contributed by atoms with Gasteiger partial charge in [-0.15, -0.1) is 0 Å². The number of rotatable bonds is 3. The molecule has 0 atom stereocenters. The zero-order chi connectivity index (χ0) is 11.5. The van der Waals surface area contributed by atoms with Gasteiger partial charge in [-0.3, -0.25) is 4.68 Å². The smallest absolute Gasteiger partial charge is 0.224 e. The molecule has 6 nitrogen and oxygen atoms in total. The molecule has 0 saturated carbocycles. The summed E-state index contributed by atoms with van der Waals surface area (Å²) in [6.07, 6.45) is 5.06. The van der Waals surface area contributed by atoms with Gasteiger partial charge < -0.3 is 10.6 Å². The highest BCUT2D eigenvalue weighted by Crippen LogP contribution is 2.22. The lowest BCUT2D eigenvalue weighted by Gasteiger charge is -2.06. The van der Waals surface area contributed by atoms with E-state index in [1.54, 1.807) is 24.1 Å². The molecule has 0 aromatic carbocycles. The Morgan fingerprint density at radius 1 is 1.38 bits per heavy atom. The summed E-state index contributed by atoms with van der Waals surface area (Å²) in [4.78, 5) is 8.18. The number of halogens is 1. The van der Waals surface area contributed by atoms with Crippen LogP contribution in [0.3, 0.4) is 0 Å². The molecule has 0 spiro atoms. The monoisotopic (exact) mass is 238 g/mol. The first-order valence-corrected chi connectivity index (χ1v) is 5.03. The Kier molecular flexibility index (Phi) is 2.91. The summed E-state index contributed by atoms with van der Waals surface area (Å²) in [5.41, 5.74) is 0.824. The predicted molar refractivity (Wildman–Crippen MR) is 63.1 cm³/mol. The van der Waals surface area contributed by atoms with Gasteiger partial charge in [-0.2, -0.15) is 10.1 Å². The summed E-state index contributed by atoms with van der Waals surface area (Å²) in [5, 5.41) is 10.4. The average Bonchev–Trinajstić information content (AvgIpc) is 2.67. The minimum absolute atomic E-state index is 0.461. The third-order valence-electron chi connectivity index (χ3n) is 1.94. The molecule has 0 bridgehead atoms. The van der Waals surface area contributed by atoms with Gasteiger partial charge in [0.25, 0.3) is 0 Å². The second-order valence-electron chi connectivity index (χ2n) is 3.17. The third kappa shape index (κ3) is 2.22. The predicted octanol–water partition coefficient (Wildman–Crippen LogP) is 1.65. The highest BCUT2D eigenvalue weighted by molar-refractivity contribution is 6.32. The van der Waals surface area contributed by atoms with Crippen LogP contribution >= 0.6 is 11.6 Å². The molecule has 0 unspecified atom stereocenters. The summed E-state index contributed by atoms with van der Waals surface area (Å²) in [6.45, 7) is 0. The molecule has 2 aromatic rings.